The molecule has 28 heteroatoms. The molecule has 0 aromatic heterocycles. The molecule has 0 heterocycles. The van der Waals surface area contributed by atoms with Crippen molar-refractivity contribution in [1.29, 1.82) is 0 Å². The van der Waals surface area contributed by atoms with E-state index in [0.717, 1.165) is 0 Å². The summed E-state index contributed by atoms with van der Waals surface area (Å²) in [6.45, 7) is 0. The van der Waals surface area contributed by atoms with Crippen LogP contribution in [0.1, 0.15) is 0 Å². The zero-order valence-corrected chi connectivity index (χ0v) is 18.4. The Labute approximate surface area is 167 Å². The second-order valence-electron chi connectivity index (χ2n) is 1.57. The second-order valence-corrected chi connectivity index (χ2v) is 7.27. The Hall–Kier alpha value is -0.0634. The van der Waals surface area contributed by atoms with Gasteiger partial charge < -0.3 is 0 Å². The van der Waals surface area contributed by atoms with E-state index in [9.17, 15) is 34.5 Å². The summed E-state index contributed by atoms with van der Waals surface area (Å²) in [5, 5.41) is 0. The van der Waals surface area contributed by atoms with E-state index in [4.69, 9.17) is 32.9 Å². The summed E-state index contributed by atoms with van der Waals surface area (Å²) in [5.41, 5.74) is 0. The van der Waals surface area contributed by atoms with Gasteiger partial charge in [-0.05, 0) is 0 Å². The molecule has 8 nitrogen and oxygen atoms in total. The summed E-state index contributed by atoms with van der Waals surface area (Å²) in [6, 6.07) is 0. The van der Waals surface area contributed by atoms with Crippen LogP contribution in [0.5, 0.6) is 0 Å². The molecule has 0 amide bonds. The van der Waals surface area contributed by atoms with Gasteiger partial charge in [-0.1, -0.05) is 15.5 Å². The summed E-state index contributed by atoms with van der Waals surface area (Å²) < 4.78 is 165. The minimum atomic E-state index is -11.2. The van der Waals surface area contributed by atoms with Crippen LogP contribution in [-0.2, 0) is 85.2 Å². The molecule has 0 bridgehead atoms. The summed E-state index contributed by atoms with van der Waals surface area (Å²) >= 11 is -15.6. The number of halogens is 14. The maximum atomic E-state index is 9.99. The van der Waals surface area contributed by atoms with E-state index in [1.165, 1.54) is 0 Å². The monoisotopic (exact) mass is 722 g/mol. The molecular weight excluding hydrogens is 714 g/mol. The zero-order valence-electron chi connectivity index (χ0n) is 11.1. The van der Waals surface area contributed by atoms with Gasteiger partial charge in [-0.2, -0.15) is 29.5 Å². The van der Waals surface area contributed by atoms with Crippen LogP contribution in [0.15, 0.2) is 0 Å². The van der Waals surface area contributed by atoms with Crippen molar-refractivity contribution in [1.82, 2.24) is 0 Å². The van der Waals surface area contributed by atoms with Crippen LogP contribution in [0.25, 0.3) is 0 Å². The topological polar surface area (TPSA) is 137 Å². The van der Waals surface area contributed by atoms with Gasteiger partial charge in [0.1, 0.15) is 0 Å². The van der Waals surface area contributed by atoms with Gasteiger partial charge >= 0.3 is 104 Å². The fraction of sp³-hybridized carbons (Fsp3) is 0. The molecule has 0 atom stereocenters. The van der Waals surface area contributed by atoms with E-state index in [0.29, 0.717) is 19.8 Å². The van der Waals surface area contributed by atoms with E-state index >= 15 is 0 Å². The predicted octanol–water partition coefficient (Wildman–Crippen LogP) is 2.34. The maximum absolute atomic E-state index is 11.2. The third-order valence-corrected chi connectivity index (χ3v) is 0. The van der Waals surface area contributed by atoms with E-state index in [1.807, 2.05) is 0 Å². The first kappa shape index (κ1) is 63.0. The Morgan fingerprint density at radius 2 is 0.679 bits per heavy atom. The van der Waals surface area contributed by atoms with Crippen LogP contribution in [0.3, 0.4) is 0 Å². The molecule has 0 saturated heterocycles. The molecule has 0 fully saturated rings. The van der Waals surface area contributed by atoms with Crippen molar-refractivity contribution in [2.24, 2.45) is 0 Å². The van der Waals surface area contributed by atoms with Crippen molar-refractivity contribution < 1.29 is 123 Å². The average Bonchev–Trinajstić information content (AvgIpc) is 2.13. The third kappa shape index (κ3) is 4020000. The number of hydrogen-bond acceptors (Lipinski definition) is 8. The van der Waals surface area contributed by atoms with Crippen LogP contribution < -0.4 is 0 Å². The molecule has 0 aliphatic heterocycles. The molecule has 0 radical (unpaired) electrons. The fourth-order valence-corrected chi connectivity index (χ4v) is 0. The molecule has 0 rings (SSSR count). The van der Waals surface area contributed by atoms with Crippen molar-refractivity contribution in [3.05, 3.63) is 0 Å². The van der Waals surface area contributed by atoms with E-state index in [1.54, 1.807) is 0 Å². The number of hydrogen-bond donors (Lipinski definition) is 0. The first-order valence-corrected chi connectivity index (χ1v) is 11.8. The quantitative estimate of drug-likeness (QED) is 0.212. The van der Waals surface area contributed by atoms with Crippen molar-refractivity contribution in [2.45, 2.75) is 0 Å². The van der Waals surface area contributed by atoms with Crippen LogP contribution >= 0.6 is 0 Å². The summed E-state index contributed by atoms with van der Waals surface area (Å²) in [5.74, 6) is 0. The summed E-state index contributed by atoms with van der Waals surface area (Å²) in [7, 11) is -5.67. The molecule has 0 aromatic carbocycles. The van der Waals surface area contributed by atoms with E-state index in [-0.39, 0.29) is 18.8 Å². The summed E-state index contributed by atoms with van der Waals surface area (Å²) in [4.78, 5) is 0. The molecule has 0 saturated carbocycles. The molecule has 0 aromatic rings. The Kier molecular flexibility index (Phi) is 60.6. The van der Waals surface area contributed by atoms with E-state index in [2.05, 4.69) is 0 Å². The Morgan fingerprint density at radius 3 is 0.679 bits per heavy atom. The third-order valence-electron chi connectivity index (χ3n) is 0. The molecule has 0 N–H and O–H groups in total. The van der Waals surface area contributed by atoms with Crippen molar-refractivity contribution in [3.8, 4) is 0 Å². The molecule has 186 valence electrons. The molecule has 0 aliphatic rings. The SMILES string of the molecule is F.F.F.F.O=S(=O)(F)F.O=S(F)F.O=S=O.O=S=O.[F][Mo]([F])([F])([F])([F])[F].[O]=[Mo]. The van der Waals surface area contributed by atoms with Gasteiger partial charge in [0, 0.05) is 0 Å². The van der Waals surface area contributed by atoms with Crippen molar-refractivity contribution in [2.75, 3.05) is 0 Å². The van der Waals surface area contributed by atoms with Crippen LogP contribution in [0.2, 0.25) is 0 Å². The second kappa shape index (κ2) is 26.9. The van der Waals surface area contributed by atoms with Crippen molar-refractivity contribution in [3.63, 3.8) is 0 Å². The van der Waals surface area contributed by atoms with Crippen LogP contribution in [0, 0.1) is 0 Å². The van der Waals surface area contributed by atoms with Gasteiger partial charge in [0.25, 0.3) is 0 Å². The Balaban J connectivity index is -0.0000000176. The molecule has 28 heavy (non-hydrogen) atoms. The van der Waals surface area contributed by atoms with Crippen molar-refractivity contribution >= 4 is 45.3 Å². The van der Waals surface area contributed by atoms with Crippen LogP contribution in [-0.4, -0.2) is 29.5 Å². The molecular formula is H4F14Mo2O8S4. The van der Waals surface area contributed by atoms with Gasteiger partial charge in [-0.15, -0.1) is 0 Å². The average molecular weight is 718 g/mol. The minimum absolute atomic E-state index is 0. The fourth-order valence-electron chi connectivity index (χ4n) is 0. The van der Waals surface area contributed by atoms with Gasteiger partial charge in [0.15, 0.2) is 0 Å². The van der Waals surface area contributed by atoms with E-state index < -0.39 is 62.0 Å². The first-order valence-electron chi connectivity index (χ1n) is 2.88. The number of rotatable bonds is 0. The Morgan fingerprint density at radius 1 is 0.679 bits per heavy atom. The van der Waals surface area contributed by atoms with Gasteiger partial charge in [0.2, 0.25) is 0 Å². The van der Waals surface area contributed by atoms with Crippen LogP contribution in [0.4, 0.5) is 53.3 Å². The molecule has 0 spiro atoms. The van der Waals surface area contributed by atoms with Gasteiger partial charge in [-0.25, -0.2) is 0 Å². The molecule has 0 aliphatic carbocycles. The first-order chi connectivity index (χ1) is 10.0. The summed E-state index contributed by atoms with van der Waals surface area (Å²) in [6.07, 6.45) is 0. The Bertz CT molecular complexity index is 465. The van der Waals surface area contributed by atoms with Gasteiger partial charge in [-0.3, -0.25) is 18.8 Å². The normalized spacial score (nSPS) is 10.1. The molecule has 0 unspecified atom stereocenters. The zero-order chi connectivity index (χ0) is 21.9. The predicted molar refractivity (Wildman–Crippen MR) is 56.7 cm³/mol. The standard InChI is InChI=1S/F2O2S.F2OS.10FH.2Mo.2O2S.O/c1-5(2,3)4;1-4(2)3;;;;;;;;;;;;;2*1-3-2;/h;;10*1H;;;;;/q;;;;;;;;;;;;;+6;;;/p-6. The van der Waals surface area contributed by atoms with Gasteiger partial charge in [0.05, 0.1) is 0 Å².